The van der Waals surface area contributed by atoms with Gasteiger partial charge >= 0.3 is 0 Å². The van der Waals surface area contributed by atoms with Crippen molar-refractivity contribution < 1.29 is 4.74 Å². The van der Waals surface area contributed by atoms with Crippen molar-refractivity contribution in [3.05, 3.63) is 10.0 Å². The largest absolute Gasteiger partial charge is 0.377 e. The SMILES string of the molecule is CCC(NC(C)c1nnc(C)s1)C1CCCO1. The Morgan fingerprint density at radius 2 is 2.35 bits per heavy atom. The quantitative estimate of drug-likeness (QED) is 0.878. The Balaban J connectivity index is 1.93. The lowest BCUT2D eigenvalue weighted by molar-refractivity contribution is 0.0734. The molecule has 2 rings (SSSR count). The number of ether oxygens (including phenoxy) is 1. The molecule has 0 aromatic carbocycles. The molecule has 0 aliphatic carbocycles. The van der Waals surface area contributed by atoms with Gasteiger partial charge in [0.2, 0.25) is 0 Å². The Morgan fingerprint density at radius 1 is 1.53 bits per heavy atom. The summed E-state index contributed by atoms with van der Waals surface area (Å²) in [7, 11) is 0. The number of rotatable bonds is 5. The van der Waals surface area contributed by atoms with Crippen molar-refractivity contribution in [2.45, 2.75) is 58.2 Å². The van der Waals surface area contributed by atoms with Gasteiger partial charge in [-0.2, -0.15) is 0 Å². The molecule has 1 N–H and O–H groups in total. The lowest BCUT2D eigenvalue weighted by atomic mass is 10.0. The van der Waals surface area contributed by atoms with E-state index in [1.807, 2.05) is 6.92 Å². The summed E-state index contributed by atoms with van der Waals surface area (Å²) >= 11 is 1.67. The maximum Gasteiger partial charge on any atom is 0.134 e. The molecule has 1 aromatic rings. The van der Waals surface area contributed by atoms with Crippen molar-refractivity contribution in [3.63, 3.8) is 0 Å². The number of aryl methyl sites for hydroxylation is 1. The number of aromatic nitrogens is 2. The van der Waals surface area contributed by atoms with E-state index in [0.717, 1.165) is 23.0 Å². The summed E-state index contributed by atoms with van der Waals surface area (Å²) in [6.45, 7) is 7.26. The van der Waals surface area contributed by atoms with Crippen LogP contribution in [0.4, 0.5) is 0 Å². The summed E-state index contributed by atoms with van der Waals surface area (Å²) < 4.78 is 5.75. The first-order valence-electron chi connectivity index (χ1n) is 6.38. The fraction of sp³-hybridized carbons (Fsp3) is 0.833. The Labute approximate surface area is 107 Å². The molecule has 5 heteroatoms. The third-order valence-corrected chi connectivity index (χ3v) is 4.25. The molecule has 1 saturated heterocycles. The fourth-order valence-corrected chi connectivity index (χ4v) is 3.00. The van der Waals surface area contributed by atoms with Crippen LogP contribution in [-0.4, -0.2) is 29.0 Å². The summed E-state index contributed by atoms with van der Waals surface area (Å²) in [5.74, 6) is 0. The molecule has 0 saturated carbocycles. The van der Waals surface area contributed by atoms with Gasteiger partial charge in [0.15, 0.2) is 0 Å². The van der Waals surface area contributed by atoms with Crippen molar-refractivity contribution in [1.29, 1.82) is 0 Å². The molecule has 0 bridgehead atoms. The molecule has 17 heavy (non-hydrogen) atoms. The molecule has 0 amide bonds. The molecule has 3 unspecified atom stereocenters. The van der Waals surface area contributed by atoms with Gasteiger partial charge in [0.05, 0.1) is 12.1 Å². The summed E-state index contributed by atoms with van der Waals surface area (Å²) in [6.07, 6.45) is 3.83. The van der Waals surface area contributed by atoms with E-state index in [0.29, 0.717) is 12.1 Å². The van der Waals surface area contributed by atoms with Crippen LogP contribution in [0.15, 0.2) is 0 Å². The monoisotopic (exact) mass is 255 g/mol. The van der Waals surface area contributed by atoms with Crippen LogP contribution >= 0.6 is 11.3 Å². The summed E-state index contributed by atoms with van der Waals surface area (Å²) in [5, 5.41) is 14.0. The second-order valence-corrected chi connectivity index (χ2v) is 5.83. The molecule has 1 aliphatic heterocycles. The van der Waals surface area contributed by atoms with Gasteiger partial charge in [0.1, 0.15) is 10.0 Å². The van der Waals surface area contributed by atoms with Crippen LogP contribution < -0.4 is 5.32 Å². The molecule has 2 heterocycles. The van der Waals surface area contributed by atoms with Crippen LogP contribution in [0, 0.1) is 6.92 Å². The van der Waals surface area contributed by atoms with E-state index in [9.17, 15) is 0 Å². The van der Waals surface area contributed by atoms with Crippen molar-refractivity contribution in [1.82, 2.24) is 15.5 Å². The third-order valence-electron chi connectivity index (χ3n) is 3.23. The maximum atomic E-state index is 5.75. The standard InChI is InChI=1S/C12H21N3OS/c1-4-10(11-6-5-7-16-11)13-8(2)12-15-14-9(3)17-12/h8,10-11,13H,4-7H2,1-3H3. The van der Waals surface area contributed by atoms with E-state index in [2.05, 4.69) is 29.4 Å². The van der Waals surface area contributed by atoms with Gasteiger partial charge in [-0.3, -0.25) is 0 Å². The molecule has 1 fully saturated rings. The van der Waals surface area contributed by atoms with E-state index in [4.69, 9.17) is 4.74 Å². The van der Waals surface area contributed by atoms with Crippen LogP contribution in [0.25, 0.3) is 0 Å². The Morgan fingerprint density at radius 3 is 2.88 bits per heavy atom. The van der Waals surface area contributed by atoms with Crippen LogP contribution in [-0.2, 0) is 4.74 Å². The topological polar surface area (TPSA) is 47.0 Å². The molecular weight excluding hydrogens is 234 g/mol. The van der Waals surface area contributed by atoms with Crippen molar-refractivity contribution in [2.24, 2.45) is 0 Å². The molecule has 0 radical (unpaired) electrons. The van der Waals surface area contributed by atoms with Crippen LogP contribution in [0.2, 0.25) is 0 Å². The first-order chi connectivity index (χ1) is 8.20. The van der Waals surface area contributed by atoms with Crippen LogP contribution in [0.5, 0.6) is 0 Å². The van der Waals surface area contributed by atoms with Crippen LogP contribution in [0.1, 0.15) is 49.2 Å². The first kappa shape index (κ1) is 12.9. The predicted molar refractivity (Wildman–Crippen MR) is 69.2 cm³/mol. The zero-order chi connectivity index (χ0) is 12.3. The summed E-state index contributed by atoms with van der Waals surface area (Å²) in [4.78, 5) is 0. The summed E-state index contributed by atoms with van der Waals surface area (Å²) in [5.41, 5.74) is 0. The number of hydrogen-bond acceptors (Lipinski definition) is 5. The average Bonchev–Trinajstić information content (AvgIpc) is 2.96. The highest BCUT2D eigenvalue weighted by Crippen LogP contribution is 2.22. The van der Waals surface area contributed by atoms with E-state index in [-0.39, 0.29) is 6.04 Å². The van der Waals surface area contributed by atoms with Gasteiger partial charge in [0.25, 0.3) is 0 Å². The maximum absolute atomic E-state index is 5.75. The minimum absolute atomic E-state index is 0.260. The second kappa shape index (κ2) is 5.89. The Hall–Kier alpha value is -0.520. The summed E-state index contributed by atoms with van der Waals surface area (Å²) in [6, 6.07) is 0.687. The number of nitrogens with one attached hydrogen (secondary N) is 1. The molecule has 3 atom stereocenters. The average molecular weight is 255 g/mol. The lowest BCUT2D eigenvalue weighted by Crippen LogP contribution is -2.40. The highest BCUT2D eigenvalue weighted by Gasteiger charge is 2.26. The van der Waals surface area contributed by atoms with Gasteiger partial charge < -0.3 is 10.1 Å². The third kappa shape index (κ3) is 3.24. The van der Waals surface area contributed by atoms with Gasteiger partial charge in [-0.15, -0.1) is 21.5 Å². The number of nitrogens with zero attached hydrogens (tertiary/aromatic N) is 2. The second-order valence-electron chi connectivity index (χ2n) is 4.61. The van der Waals surface area contributed by atoms with E-state index >= 15 is 0 Å². The van der Waals surface area contributed by atoms with Crippen molar-refractivity contribution >= 4 is 11.3 Å². The van der Waals surface area contributed by atoms with E-state index in [1.165, 1.54) is 12.8 Å². The van der Waals surface area contributed by atoms with Crippen molar-refractivity contribution in [2.75, 3.05) is 6.61 Å². The van der Waals surface area contributed by atoms with Crippen molar-refractivity contribution in [3.8, 4) is 0 Å². The highest BCUT2D eigenvalue weighted by molar-refractivity contribution is 7.11. The normalized spacial score (nSPS) is 23.8. The zero-order valence-electron chi connectivity index (χ0n) is 10.8. The zero-order valence-corrected chi connectivity index (χ0v) is 11.6. The lowest BCUT2D eigenvalue weighted by Gasteiger charge is -2.25. The smallest absolute Gasteiger partial charge is 0.134 e. The Bertz CT molecular complexity index is 349. The molecule has 96 valence electrons. The van der Waals surface area contributed by atoms with E-state index in [1.54, 1.807) is 11.3 Å². The number of hydrogen-bond donors (Lipinski definition) is 1. The van der Waals surface area contributed by atoms with Gasteiger partial charge in [-0.1, -0.05) is 6.92 Å². The molecular formula is C12H21N3OS. The Kier molecular flexibility index (Phi) is 4.48. The van der Waals surface area contributed by atoms with Gasteiger partial charge in [-0.25, -0.2) is 0 Å². The molecule has 4 nitrogen and oxygen atoms in total. The fourth-order valence-electron chi connectivity index (χ4n) is 2.29. The molecule has 1 aliphatic rings. The first-order valence-corrected chi connectivity index (χ1v) is 7.20. The van der Waals surface area contributed by atoms with E-state index < -0.39 is 0 Å². The molecule has 1 aromatic heterocycles. The highest BCUT2D eigenvalue weighted by atomic mass is 32.1. The minimum Gasteiger partial charge on any atom is -0.377 e. The minimum atomic E-state index is 0.260. The van der Waals surface area contributed by atoms with Gasteiger partial charge in [0, 0.05) is 12.6 Å². The molecule has 0 spiro atoms. The van der Waals surface area contributed by atoms with Crippen LogP contribution in [0.3, 0.4) is 0 Å². The van der Waals surface area contributed by atoms with Gasteiger partial charge in [-0.05, 0) is 33.1 Å². The predicted octanol–water partition coefficient (Wildman–Crippen LogP) is 2.45.